The van der Waals surface area contributed by atoms with E-state index in [-0.39, 0.29) is 27.9 Å². The van der Waals surface area contributed by atoms with Crippen molar-refractivity contribution < 1.29 is 31.9 Å². The molecule has 176 valence electrons. The van der Waals surface area contributed by atoms with E-state index in [1.807, 2.05) is 0 Å². The molecule has 2 amide bonds. The van der Waals surface area contributed by atoms with Crippen molar-refractivity contribution in [3.8, 4) is 17.0 Å². The molecule has 9 nitrogen and oxygen atoms in total. The van der Waals surface area contributed by atoms with Gasteiger partial charge in [0.15, 0.2) is 11.9 Å². The lowest BCUT2D eigenvalue weighted by Crippen LogP contribution is -2.32. The summed E-state index contributed by atoms with van der Waals surface area (Å²) in [5.41, 5.74) is 4.62. The lowest BCUT2D eigenvalue weighted by molar-refractivity contribution is -0.189. The minimum atomic E-state index is -4.77. The molecule has 1 aromatic carbocycles. The molecular weight excluding hydrogens is 472 g/mol. The topological polar surface area (TPSA) is 128 Å². The van der Waals surface area contributed by atoms with E-state index in [1.54, 1.807) is 0 Å². The number of hydrogen-bond donors (Lipinski definition) is 3. The third kappa shape index (κ3) is 4.92. The number of alkyl halides is 3. The van der Waals surface area contributed by atoms with Crippen LogP contribution < -0.4 is 15.8 Å². The average Bonchev–Trinajstić information content (AvgIpc) is 3.25. The molecule has 3 aromatic rings. The Bertz CT molecular complexity index is 1220. The van der Waals surface area contributed by atoms with Gasteiger partial charge in [0.1, 0.15) is 22.4 Å². The predicted molar refractivity (Wildman–Crippen MR) is 110 cm³/mol. The zero-order valence-corrected chi connectivity index (χ0v) is 18.1. The third-order valence-corrected chi connectivity index (χ3v) is 4.87. The zero-order chi connectivity index (χ0) is 24.7. The first-order valence-corrected chi connectivity index (χ1v) is 9.59. The quantitative estimate of drug-likeness (QED) is 0.457. The van der Waals surface area contributed by atoms with Gasteiger partial charge in [0.25, 0.3) is 11.8 Å². The molecular formula is C19H17ClF4N6O3. The summed E-state index contributed by atoms with van der Waals surface area (Å²) in [5, 5.41) is 8.54. The zero-order valence-electron chi connectivity index (χ0n) is 17.3. The second-order valence-electron chi connectivity index (χ2n) is 7.01. The summed E-state index contributed by atoms with van der Waals surface area (Å²) in [6, 6.07) is 1.59. The van der Waals surface area contributed by atoms with Crippen molar-refractivity contribution in [3.63, 3.8) is 0 Å². The van der Waals surface area contributed by atoms with Gasteiger partial charge in [-0.05, 0) is 26.0 Å². The number of imidazole rings is 1. The standard InChI is InChI=1S/C19H17ClF4N6O3/c1-7-14(15(20)29-28-7)27-18(32)10-4-11(21)9(5-13(10)33-8(2)19(22,23)24)12-6-30(3)17(26-12)16(25)31/h4-6,8H,1-3H3,(H2,25,31)(H,27,32)(H,28,29)/t8-/m0/s1. The van der Waals surface area contributed by atoms with Gasteiger partial charge >= 0.3 is 6.18 Å². The van der Waals surface area contributed by atoms with E-state index in [0.717, 1.165) is 13.0 Å². The minimum absolute atomic E-state index is 0.0310. The summed E-state index contributed by atoms with van der Waals surface area (Å²) in [5.74, 6) is -3.67. The molecule has 1 atom stereocenters. The molecule has 0 spiro atoms. The van der Waals surface area contributed by atoms with Gasteiger partial charge in [-0.25, -0.2) is 9.37 Å². The fraction of sp³-hybridized carbons (Fsp3) is 0.263. The molecule has 0 radical (unpaired) electrons. The average molecular weight is 489 g/mol. The molecule has 0 saturated carbocycles. The summed E-state index contributed by atoms with van der Waals surface area (Å²) in [7, 11) is 1.43. The second kappa shape index (κ2) is 8.73. The van der Waals surface area contributed by atoms with E-state index in [9.17, 15) is 27.2 Å². The Labute approximate surface area is 188 Å². The molecule has 0 fully saturated rings. The van der Waals surface area contributed by atoms with E-state index < -0.39 is 41.2 Å². The van der Waals surface area contributed by atoms with Crippen LogP contribution in [0.2, 0.25) is 5.15 Å². The lowest BCUT2D eigenvalue weighted by Gasteiger charge is -2.20. The number of aromatic nitrogens is 4. The highest BCUT2D eigenvalue weighted by molar-refractivity contribution is 6.33. The first kappa shape index (κ1) is 24.0. The first-order chi connectivity index (χ1) is 15.3. The second-order valence-corrected chi connectivity index (χ2v) is 7.38. The Hall–Kier alpha value is -3.61. The number of amides is 2. The minimum Gasteiger partial charge on any atom is -0.480 e. The fourth-order valence-electron chi connectivity index (χ4n) is 2.84. The number of nitrogens with two attached hydrogens (primary N) is 1. The molecule has 4 N–H and O–H groups in total. The number of benzene rings is 1. The molecule has 0 unspecified atom stereocenters. The first-order valence-electron chi connectivity index (χ1n) is 9.21. The maximum absolute atomic E-state index is 15.0. The smallest absolute Gasteiger partial charge is 0.425 e. The summed E-state index contributed by atoms with van der Waals surface area (Å²) in [6.45, 7) is 2.25. The molecule has 3 rings (SSSR count). The van der Waals surface area contributed by atoms with Gasteiger partial charge in [-0.1, -0.05) is 11.6 Å². The third-order valence-electron chi connectivity index (χ3n) is 4.59. The van der Waals surface area contributed by atoms with Crippen molar-refractivity contribution in [3.05, 3.63) is 46.4 Å². The van der Waals surface area contributed by atoms with Crippen molar-refractivity contribution in [2.75, 3.05) is 5.32 Å². The number of anilines is 1. The number of H-pyrrole nitrogens is 1. The van der Waals surface area contributed by atoms with E-state index >= 15 is 0 Å². The highest BCUT2D eigenvalue weighted by atomic mass is 35.5. The number of rotatable bonds is 6. The van der Waals surface area contributed by atoms with Crippen LogP contribution in [0.15, 0.2) is 18.3 Å². The van der Waals surface area contributed by atoms with Crippen LogP contribution in [0.5, 0.6) is 5.75 Å². The van der Waals surface area contributed by atoms with Gasteiger partial charge in [-0.15, -0.1) is 0 Å². The van der Waals surface area contributed by atoms with Crippen LogP contribution in [0, 0.1) is 12.7 Å². The molecule has 0 aliphatic carbocycles. The lowest BCUT2D eigenvalue weighted by atomic mass is 10.1. The van der Waals surface area contributed by atoms with E-state index in [1.165, 1.54) is 24.7 Å². The highest BCUT2D eigenvalue weighted by Gasteiger charge is 2.39. The summed E-state index contributed by atoms with van der Waals surface area (Å²) < 4.78 is 60.5. The number of ether oxygens (including phenoxy) is 1. The van der Waals surface area contributed by atoms with Crippen molar-refractivity contribution in [2.24, 2.45) is 12.8 Å². The van der Waals surface area contributed by atoms with Gasteiger partial charge in [0, 0.05) is 18.8 Å². The SMILES string of the molecule is Cc1n[nH]c(Cl)c1NC(=O)c1cc(F)c(-c2cn(C)c(C(N)=O)n2)cc1O[C@@H](C)C(F)(F)F. The Morgan fingerprint density at radius 2 is 2.00 bits per heavy atom. The van der Waals surface area contributed by atoms with Gasteiger partial charge in [-0.2, -0.15) is 18.3 Å². The molecule has 2 heterocycles. The number of carbonyl (C=O) groups is 2. The number of halogens is 5. The summed E-state index contributed by atoms with van der Waals surface area (Å²) >= 11 is 5.90. The summed E-state index contributed by atoms with van der Waals surface area (Å²) in [6.07, 6.45) is -5.84. The number of nitrogens with one attached hydrogen (secondary N) is 2. The molecule has 0 saturated heterocycles. The Morgan fingerprint density at radius 1 is 1.33 bits per heavy atom. The van der Waals surface area contributed by atoms with Crippen molar-refractivity contribution in [1.29, 1.82) is 0 Å². The largest absolute Gasteiger partial charge is 0.480 e. The molecule has 14 heteroatoms. The highest BCUT2D eigenvalue weighted by Crippen LogP contribution is 2.34. The van der Waals surface area contributed by atoms with Gasteiger partial charge < -0.3 is 20.4 Å². The van der Waals surface area contributed by atoms with E-state index in [2.05, 4.69) is 20.5 Å². The molecule has 33 heavy (non-hydrogen) atoms. The van der Waals surface area contributed by atoms with Crippen molar-refractivity contribution in [2.45, 2.75) is 26.1 Å². The number of hydrogen-bond acceptors (Lipinski definition) is 5. The number of aromatic amines is 1. The monoisotopic (exact) mass is 488 g/mol. The Morgan fingerprint density at radius 3 is 2.52 bits per heavy atom. The number of nitrogens with zero attached hydrogens (tertiary/aromatic N) is 3. The molecule has 0 bridgehead atoms. The van der Waals surface area contributed by atoms with Crippen LogP contribution in [0.1, 0.15) is 33.6 Å². The molecule has 2 aromatic heterocycles. The maximum Gasteiger partial charge on any atom is 0.425 e. The Kier molecular flexibility index (Phi) is 6.36. The van der Waals surface area contributed by atoms with E-state index in [0.29, 0.717) is 11.8 Å². The van der Waals surface area contributed by atoms with Crippen LogP contribution >= 0.6 is 11.6 Å². The van der Waals surface area contributed by atoms with Gasteiger partial charge in [0.2, 0.25) is 0 Å². The van der Waals surface area contributed by atoms with Gasteiger partial charge in [-0.3, -0.25) is 14.7 Å². The maximum atomic E-state index is 15.0. The molecule has 0 aliphatic heterocycles. The van der Waals surface area contributed by atoms with Crippen LogP contribution in [0.3, 0.4) is 0 Å². The van der Waals surface area contributed by atoms with Gasteiger partial charge in [0.05, 0.1) is 17.0 Å². The number of carbonyl (C=O) groups excluding carboxylic acids is 2. The normalized spacial score (nSPS) is 12.5. The van der Waals surface area contributed by atoms with E-state index in [4.69, 9.17) is 22.1 Å². The van der Waals surface area contributed by atoms with Crippen LogP contribution in [-0.4, -0.2) is 43.8 Å². The van der Waals surface area contributed by atoms with Crippen LogP contribution in [-0.2, 0) is 7.05 Å². The van der Waals surface area contributed by atoms with Crippen LogP contribution in [0.25, 0.3) is 11.3 Å². The van der Waals surface area contributed by atoms with Crippen LogP contribution in [0.4, 0.5) is 23.2 Å². The predicted octanol–water partition coefficient (Wildman–Crippen LogP) is 3.59. The van der Waals surface area contributed by atoms with Crippen molar-refractivity contribution in [1.82, 2.24) is 19.7 Å². The van der Waals surface area contributed by atoms with Crippen molar-refractivity contribution >= 4 is 29.1 Å². The summed E-state index contributed by atoms with van der Waals surface area (Å²) in [4.78, 5) is 28.2. The Balaban J connectivity index is 2.10. The molecule has 0 aliphatic rings. The fourth-order valence-corrected chi connectivity index (χ4v) is 3.06. The number of primary amides is 1. The number of aryl methyl sites for hydroxylation is 2.